The summed E-state index contributed by atoms with van der Waals surface area (Å²) in [6.45, 7) is 5.08. The van der Waals surface area contributed by atoms with Crippen LogP contribution in [0.1, 0.15) is 25.3 Å². The Kier molecular flexibility index (Phi) is 6.94. The average molecular weight is 365 g/mol. The summed E-state index contributed by atoms with van der Waals surface area (Å²) in [5.74, 6) is 0. The van der Waals surface area contributed by atoms with Crippen LogP contribution in [0.2, 0.25) is 0 Å². The van der Waals surface area contributed by atoms with E-state index in [0.717, 1.165) is 12.8 Å². The molecule has 0 saturated carbocycles. The third-order valence-electron chi connectivity index (χ3n) is 2.76. The van der Waals surface area contributed by atoms with Crippen molar-refractivity contribution in [3.05, 3.63) is 22.2 Å². The molecule has 0 amide bonds. The average Bonchev–Trinajstić information content (AvgIpc) is 2.37. The molecule has 0 aliphatic heterocycles. The van der Waals surface area contributed by atoms with Crippen molar-refractivity contribution in [2.45, 2.75) is 31.6 Å². The van der Waals surface area contributed by atoms with Crippen LogP contribution in [0, 0.1) is 6.92 Å². The maximum atomic E-state index is 12.2. The highest BCUT2D eigenvalue weighted by atomic mass is 79.9. The Bertz CT molecular complexity index is 547. The summed E-state index contributed by atoms with van der Waals surface area (Å²) in [5.41, 5.74) is 6.77. The first-order chi connectivity index (χ1) is 9.38. The van der Waals surface area contributed by atoms with Gasteiger partial charge in [-0.2, -0.15) is 0 Å². The minimum atomic E-state index is -3.55. The maximum absolute atomic E-state index is 12.2. The van der Waals surface area contributed by atoms with Gasteiger partial charge in [-0.3, -0.25) is 0 Å². The Morgan fingerprint density at radius 2 is 2.05 bits per heavy atom. The fourth-order valence-corrected chi connectivity index (χ4v) is 3.36. The largest absolute Gasteiger partial charge is 0.398 e. The van der Waals surface area contributed by atoms with E-state index in [-0.39, 0.29) is 11.4 Å². The molecule has 1 rings (SSSR count). The molecule has 0 bridgehead atoms. The molecule has 0 radical (unpaired) electrons. The molecule has 5 nitrogen and oxygen atoms in total. The smallest absolute Gasteiger partial charge is 0.240 e. The van der Waals surface area contributed by atoms with Gasteiger partial charge in [-0.15, -0.1) is 0 Å². The molecular weight excluding hydrogens is 344 g/mol. The van der Waals surface area contributed by atoms with Crippen LogP contribution in [0.5, 0.6) is 0 Å². The Morgan fingerprint density at radius 1 is 1.35 bits per heavy atom. The van der Waals surface area contributed by atoms with Crippen molar-refractivity contribution in [2.24, 2.45) is 0 Å². The van der Waals surface area contributed by atoms with E-state index in [1.165, 1.54) is 6.07 Å². The van der Waals surface area contributed by atoms with Crippen molar-refractivity contribution < 1.29 is 13.2 Å². The second kappa shape index (κ2) is 7.97. The monoisotopic (exact) mass is 364 g/mol. The van der Waals surface area contributed by atoms with Gasteiger partial charge in [-0.1, -0.05) is 13.3 Å². The predicted octanol–water partition coefficient (Wildman–Crippen LogP) is 2.43. The summed E-state index contributed by atoms with van der Waals surface area (Å²) in [6.07, 6.45) is 2.04. The number of nitrogens with two attached hydrogens (primary N) is 1. The third-order valence-corrected chi connectivity index (χ3v) is 5.05. The predicted molar refractivity (Wildman–Crippen MR) is 84.2 cm³/mol. The zero-order valence-electron chi connectivity index (χ0n) is 11.8. The lowest BCUT2D eigenvalue weighted by Crippen LogP contribution is -2.28. The normalized spacial score (nSPS) is 11.8. The Balaban J connectivity index is 2.63. The van der Waals surface area contributed by atoms with Crippen LogP contribution in [0.4, 0.5) is 5.69 Å². The molecule has 20 heavy (non-hydrogen) atoms. The first kappa shape index (κ1) is 17.4. The Hall–Kier alpha value is -0.630. The molecule has 3 N–H and O–H groups in total. The quantitative estimate of drug-likeness (QED) is 0.548. The number of ether oxygens (including phenoxy) is 1. The van der Waals surface area contributed by atoms with E-state index in [1.807, 2.05) is 0 Å². The fourth-order valence-electron chi connectivity index (χ4n) is 1.63. The number of anilines is 1. The van der Waals surface area contributed by atoms with Crippen molar-refractivity contribution in [1.82, 2.24) is 4.72 Å². The third kappa shape index (κ3) is 5.05. The number of unbranched alkanes of at least 4 members (excludes halogenated alkanes) is 1. The molecule has 0 fully saturated rings. The lowest BCUT2D eigenvalue weighted by molar-refractivity contribution is 0.136. The van der Waals surface area contributed by atoms with E-state index >= 15 is 0 Å². The highest BCUT2D eigenvalue weighted by molar-refractivity contribution is 9.10. The van der Waals surface area contributed by atoms with Gasteiger partial charge in [0.15, 0.2) is 0 Å². The van der Waals surface area contributed by atoms with Crippen molar-refractivity contribution in [3.63, 3.8) is 0 Å². The minimum Gasteiger partial charge on any atom is -0.398 e. The van der Waals surface area contributed by atoms with Crippen LogP contribution in [-0.2, 0) is 14.8 Å². The summed E-state index contributed by atoms with van der Waals surface area (Å²) in [7, 11) is -3.55. The van der Waals surface area contributed by atoms with Gasteiger partial charge in [0.25, 0.3) is 0 Å². The highest BCUT2D eigenvalue weighted by Gasteiger charge is 2.17. The first-order valence-corrected chi connectivity index (χ1v) is 8.79. The minimum absolute atomic E-state index is 0.201. The number of halogens is 1. The summed E-state index contributed by atoms with van der Waals surface area (Å²) in [4.78, 5) is 0.201. The van der Waals surface area contributed by atoms with Gasteiger partial charge in [0.05, 0.1) is 11.5 Å². The molecule has 0 aromatic heterocycles. The zero-order valence-corrected chi connectivity index (χ0v) is 14.2. The topological polar surface area (TPSA) is 81.4 Å². The molecule has 0 atom stereocenters. The first-order valence-electron chi connectivity index (χ1n) is 6.51. The number of aryl methyl sites for hydroxylation is 1. The molecular formula is C13H21BrN2O3S. The van der Waals surface area contributed by atoms with Crippen LogP contribution in [0.3, 0.4) is 0 Å². The highest BCUT2D eigenvalue weighted by Crippen LogP contribution is 2.26. The van der Waals surface area contributed by atoms with Crippen molar-refractivity contribution >= 4 is 31.6 Å². The zero-order chi connectivity index (χ0) is 15.2. The molecule has 0 aliphatic rings. The molecule has 0 aliphatic carbocycles. The Labute approximate surface area is 129 Å². The fraction of sp³-hybridized carbons (Fsp3) is 0.538. The van der Waals surface area contributed by atoms with E-state index in [0.29, 0.717) is 28.9 Å². The van der Waals surface area contributed by atoms with Gasteiger partial charge >= 0.3 is 0 Å². The number of benzene rings is 1. The number of hydrogen-bond donors (Lipinski definition) is 2. The lowest BCUT2D eigenvalue weighted by atomic mass is 10.2. The number of hydrogen-bond acceptors (Lipinski definition) is 4. The summed E-state index contributed by atoms with van der Waals surface area (Å²) >= 11 is 3.27. The van der Waals surface area contributed by atoms with Gasteiger partial charge in [0, 0.05) is 23.3 Å². The molecule has 0 spiro atoms. The van der Waals surface area contributed by atoms with Gasteiger partial charge in [0.2, 0.25) is 10.0 Å². The molecule has 7 heteroatoms. The van der Waals surface area contributed by atoms with E-state index in [1.54, 1.807) is 13.0 Å². The van der Waals surface area contributed by atoms with Gasteiger partial charge in [-0.25, -0.2) is 13.1 Å². The molecule has 0 heterocycles. The van der Waals surface area contributed by atoms with Crippen LogP contribution in [0.15, 0.2) is 21.5 Å². The lowest BCUT2D eigenvalue weighted by Gasteiger charge is -2.11. The van der Waals surface area contributed by atoms with Gasteiger partial charge in [-0.05, 0) is 47.0 Å². The molecule has 0 unspecified atom stereocenters. The second-order valence-electron chi connectivity index (χ2n) is 4.50. The Morgan fingerprint density at radius 3 is 2.70 bits per heavy atom. The van der Waals surface area contributed by atoms with Crippen LogP contribution < -0.4 is 10.5 Å². The van der Waals surface area contributed by atoms with Gasteiger partial charge < -0.3 is 10.5 Å². The number of rotatable bonds is 8. The summed E-state index contributed by atoms with van der Waals surface area (Å²) in [5, 5.41) is 0. The van der Waals surface area contributed by atoms with Crippen LogP contribution in [-0.4, -0.2) is 28.2 Å². The van der Waals surface area contributed by atoms with Crippen molar-refractivity contribution in [1.29, 1.82) is 0 Å². The standard InChI is InChI=1S/C13H21BrN2O3S/c1-3-4-6-19-7-5-16-20(17,18)13-9-12(15)11(14)8-10(13)2/h8-9,16H,3-7,15H2,1-2H3. The molecule has 114 valence electrons. The maximum Gasteiger partial charge on any atom is 0.240 e. The van der Waals surface area contributed by atoms with Crippen molar-refractivity contribution in [3.8, 4) is 0 Å². The van der Waals surface area contributed by atoms with E-state index in [2.05, 4.69) is 27.6 Å². The molecule has 0 saturated heterocycles. The summed E-state index contributed by atoms with van der Waals surface area (Å²) < 4.78 is 32.9. The van der Waals surface area contributed by atoms with Crippen molar-refractivity contribution in [2.75, 3.05) is 25.5 Å². The number of nitrogens with one attached hydrogen (secondary N) is 1. The van der Waals surface area contributed by atoms with E-state index in [9.17, 15) is 8.42 Å². The second-order valence-corrected chi connectivity index (χ2v) is 7.09. The van der Waals surface area contributed by atoms with Crippen LogP contribution in [0.25, 0.3) is 0 Å². The van der Waals surface area contributed by atoms with Gasteiger partial charge in [0.1, 0.15) is 0 Å². The molecule has 1 aromatic carbocycles. The van der Waals surface area contributed by atoms with Crippen LogP contribution >= 0.6 is 15.9 Å². The molecule has 1 aromatic rings. The number of nitrogen functional groups attached to an aromatic ring is 1. The number of sulfonamides is 1. The summed E-state index contributed by atoms with van der Waals surface area (Å²) in [6, 6.07) is 3.15. The van der Waals surface area contributed by atoms with E-state index < -0.39 is 10.0 Å². The van der Waals surface area contributed by atoms with E-state index in [4.69, 9.17) is 10.5 Å². The SMILES string of the molecule is CCCCOCCNS(=O)(=O)c1cc(N)c(Br)cc1C.